The molecule has 2 aliphatic rings. The van der Waals surface area contributed by atoms with Gasteiger partial charge >= 0.3 is 0 Å². The smallest absolute Gasteiger partial charge is 0.253 e. The molecule has 0 aliphatic carbocycles. The molecule has 0 radical (unpaired) electrons. The number of nitrogens with one attached hydrogen (secondary N) is 1. The average Bonchev–Trinajstić information content (AvgIpc) is 2.98. The Morgan fingerprint density at radius 3 is 2.52 bits per heavy atom. The number of primary amides is 1. The van der Waals surface area contributed by atoms with Crippen molar-refractivity contribution in [3.8, 4) is 5.75 Å². The zero-order chi connectivity index (χ0) is 20.5. The molecule has 3 N–H and O–H groups in total. The first-order valence-electron chi connectivity index (χ1n) is 9.65. The van der Waals surface area contributed by atoms with Crippen molar-refractivity contribution in [2.24, 2.45) is 5.73 Å². The number of methoxy groups -OCH3 is 1. The van der Waals surface area contributed by atoms with Gasteiger partial charge in [-0.05, 0) is 49.9 Å². The summed E-state index contributed by atoms with van der Waals surface area (Å²) >= 11 is 6.29. The zero-order valence-electron chi connectivity index (χ0n) is 16.1. The van der Waals surface area contributed by atoms with Crippen LogP contribution >= 0.6 is 11.6 Å². The number of benzene rings is 1. The first-order chi connectivity index (χ1) is 14.0. The van der Waals surface area contributed by atoms with Gasteiger partial charge in [-0.15, -0.1) is 0 Å². The molecule has 2 bridgehead atoms. The van der Waals surface area contributed by atoms with Crippen molar-refractivity contribution in [2.45, 2.75) is 43.8 Å². The summed E-state index contributed by atoms with van der Waals surface area (Å²) in [4.78, 5) is 30.8. The lowest BCUT2D eigenvalue weighted by Gasteiger charge is -2.40. The van der Waals surface area contributed by atoms with Gasteiger partial charge < -0.3 is 20.7 Å². The summed E-state index contributed by atoms with van der Waals surface area (Å²) in [7, 11) is 1.53. The second kappa shape index (κ2) is 7.91. The minimum atomic E-state index is -0.482. The van der Waals surface area contributed by atoms with Gasteiger partial charge in [0.15, 0.2) is 0 Å². The number of carbonyl (C=O) groups excluding carboxylic acids is 2. The topological polar surface area (TPSA) is 97.5 Å². The van der Waals surface area contributed by atoms with E-state index in [1.165, 1.54) is 13.3 Å². The van der Waals surface area contributed by atoms with Gasteiger partial charge in [0.05, 0.1) is 23.3 Å². The molecule has 2 aliphatic heterocycles. The van der Waals surface area contributed by atoms with E-state index in [1.54, 1.807) is 24.3 Å². The Hall–Kier alpha value is -2.80. The van der Waals surface area contributed by atoms with E-state index in [-0.39, 0.29) is 11.9 Å². The summed E-state index contributed by atoms with van der Waals surface area (Å²) in [6.07, 6.45) is 5.30. The average molecular weight is 415 g/mol. The Bertz CT molecular complexity index is 920. The summed E-state index contributed by atoms with van der Waals surface area (Å²) in [5.41, 5.74) is 6.12. The van der Waals surface area contributed by atoms with E-state index in [9.17, 15) is 9.59 Å². The fraction of sp³-hybridized carbons (Fsp3) is 0.381. The normalized spacial score (nSPS) is 23.0. The van der Waals surface area contributed by atoms with Gasteiger partial charge in [-0.3, -0.25) is 9.59 Å². The Balaban J connectivity index is 1.45. The number of carbonyl (C=O) groups is 2. The standard InChI is InChI=1S/C21H23ClN4O3/c1-29-17-4-2-3-16(19(17)22)21(28)25-13-9-14-6-7-15(10-13)26(14)18-8-5-12(11-24-18)20(23)27/h2-5,8,11,13-15H,6-7,9-10H2,1H3,(H2,23,27)(H,25,28). The van der Waals surface area contributed by atoms with Crippen molar-refractivity contribution in [3.05, 3.63) is 52.7 Å². The van der Waals surface area contributed by atoms with Crippen molar-refractivity contribution in [3.63, 3.8) is 0 Å². The van der Waals surface area contributed by atoms with E-state index in [2.05, 4.69) is 15.2 Å². The lowest BCUT2D eigenvalue weighted by molar-refractivity contribution is 0.0926. The van der Waals surface area contributed by atoms with Crippen molar-refractivity contribution < 1.29 is 14.3 Å². The molecule has 0 saturated carbocycles. The summed E-state index contributed by atoms with van der Waals surface area (Å²) < 4.78 is 5.20. The summed E-state index contributed by atoms with van der Waals surface area (Å²) in [5.74, 6) is 0.670. The Morgan fingerprint density at radius 2 is 1.93 bits per heavy atom. The SMILES string of the molecule is COc1cccc(C(=O)NC2CC3CCC(C2)N3c2ccc(C(N)=O)cn2)c1Cl. The number of fused-ring (bicyclic) bond motifs is 2. The Kier molecular flexibility index (Phi) is 5.32. The summed E-state index contributed by atoms with van der Waals surface area (Å²) in [5, 5.41) is 3.46. The van der Waals surface area contributed by atoms with Crippen LogP contribution in [0.3, 0.4) is 0 Å². The van der Waals surface area contributed by atoms with Crippen LogP contribution in [0.4, 0.5) is 5.82 Å². The molecule has 2 aromatic rings. The number of piperidine rings is 1. The highest BCUT2D eigenvalue weighted by Crippen LogP contribution is 2.39. The van der Waals surface area contributed by atoms with Gasteiger partial charge in [0.2, 0.25) is 5.91 Å². The fourth-order valence-corrected chi connectivity index (χ4v) is 4.75. The van der Waals surface area contributed by atoms with Gasteiger partial charge in [0.1, 0.15) is 11.6 Å². The van der Waals surface area contributed by atoms with Crippen LogP contribution in [0.5, 0.6) is 5.75 Å². The summed E-state index contributed by atoms with van der Waals surface area (Å²) in [6, 6.07) is 9.42. The van der Waals surface area contributed by atoms with Crippen LogP contribution in [-0.2, 0) is 0 Å². The first-order valence-corrected chi connectivity index (χ1v) is 10.0. The van der Waals surface area contributed by atoms with Gasteiger partial charge in [-0.2, -0.15) is 0 Å². The number of halogens is 1. The molecule has 3 heterocycles. The van der Waals surface area contributed by atoms with Crippen LogP contribution in [0.1, 0.15) is 46.4 Å². The third kappa shape index (κ3) is 3.74. The van der Waals surface area contributed by atoms with Crippen molar-refractivity contribution in [2.75, 3.05) is 12.0 Å². The van der Waals surface area contributed by atoms with Crippen LogP contribution in [0.25, 0.3) is 0 Å². The second-order valence-electron chi connectivity index (χ2n) is 7.53. The van der Waals surface area contributed by atoms with Crippen molar-refractivity contribution >= 4 is 29.2 Å². The maximum absolute atomic E-state index is 12.8. The molecular formula is C21H23ClN4O3. The number of nitrogens with zero attached hydrogens (tertiary/aromatic N) is 2. The molecule has 1 aromatic carbocycles. The number of aromatic nitrogens is 1. The number of ether oxygens (including phenoxy) is 1. The molecule has 1 aromatic heterocycles. The predicted octanol–water partition coefficient (Wildman–Crippen LogP) is 2.77. The second-order valence-corrected chi connectivity index (χ2v) is 7.90. The van der Waals surface area contributed by atoms with E-state index >= 15 is 0 Å². The molecule has 0 spiro atoms. The van der Waals surface area contributed by atoms with E-state index in [4.69, 9.17) is 22.1 Å². The number of hydrogen-bond acceptors (Lipinski definition) is 5. The molecule has 2 atom stereocenters. The minimum absolute atomic E-state index is 0.0726. The molecule has 2 amide bonds. The molecule has 2 saturated heterocycles. The highest BCUT2D eigenvalue weighted by molar-refractivity contribution is 6.35. The van der Waals surface area contributed by atoms with E-state index < -0.39 is 5.91 Å². The third-order valence-electron chi connectivity index (χ3n) is 5.79. The number of nitrogens with two attached hydrogens (primary N) is 1. The van der Waals surface area contributed by atoms with E-state index in [0.717, 1.165) is 31.5 Å². The predicted molar refractivity (Wildman–Crippen MR) is 111 cm³/mol. The molecular weight excluding hydrogens is 392 g/mol. The van der Waals surface area contributed by atoms with Crippen LogP contribution in [-0.4, -0.2) is 42.0 Å². The van der Waals surface area contributed by atoms with Crippen LogP contribution in [0, 0.1) is 0 Å². The number of rotatable bonds is 5. The van der Waals surface area contributed by atoms with Crippen molar-refractivity contribution in [1.82, 2.24) is 10.3 Å². The molecule has 8 heteroatoms. The van der Waals surface area contributed by atoms with E-state index in [0.29, 0.717) is 34.0 Å². The van der Waals surface area contributed by atoms with Gasteiger partial charge in [-0.1, -0.05) is 17.7 Å². The number of hydrogen-bond donors (Lipinski definition) is 2. The lowest BCUT2D eigenvalue weighted by Crippen LogP contribution is -2.50. The molecule has 2 unspecified atom stereocenters. The number of pyridine rings is 1. The monoisotopic (exact) mass is 414 g/mol. The third-order valence-corrected chi connectivity index (χ3v) is 6.18. The van der Waals surface area contributed by atoms with Crippen molar-refractivity contribution in [1.29, 1.82) is 0 Å². The van der Waals surface area contributed by atoms with Crippen LogP contribution in [0.15, 0.2) is 36.5 Å². The highest BCUT2D eigenvalue weighted by atomic mass is 35.5. The molecule has 7 nitrogen and oxygen atoms in total. The number of amides is 2. The highest BCUT2D eigenvalue weighted by Gasteiger charge is 2.41. The molecule has 152 valence electrons. The first kappa shape index (κ1) is 19.5. The van der Waals surface area contributed by atoms with E-state index in [1.807, 2.05) is 6.07 Å². The van der Waals surface area contributed by atoms with Gasteiger partial charge in [-0.25, -0.2) is 4.98 Å². The zero-order valence-corrected chi connectivity index (χ0v) is 16.9. The maximum atomic E-state index is 12.8. The minimum Gasteiger partial charge on any atom is -0.495 e. The van der Waals surface area contributed by atoms with Crippen LogP contribution < -0.4 is 20.7 Å². The Labute approximate surface area is 174 Å². The largest absolute Gasteiger partial charge is 0.495 e. The Morgan fingerprint density at radius 1 is 1.21 bits per heavy atom. The molecule has 2 fully saturated rings. The quantitative estimate of drug-likeness (QED) is 0.784. The lowest BCUT2D eigenvalue weighted by atomic mass is 9.96. The maximum Gasteiger partial charge on any atom is 0.253 e. The van der Waals surface area contributed by atoms with Gasteiger partial charge in [0.25, 0.3) is 5.91 Å². The van der Waals surface area contributed by atoms with Crippen LogP contribution in [0.2, 0.25) is 5.02 Å². The summed E-state index contributed by atoms with van der Waals surface area (Å²) in [6.45, 7) is 0. The van der Waals surface area contributed by atoms with Gasteiger partial charge in [0, 0.05) is 24.3 Å². The fourth-order valence-electron chi connectivity index (χ4n) is 4.46. The molecule has 29 heavy (non-hydrogen) atoms. The molecule has 4 rings (SSSR count). The number of anilines is 1.